The number of nitrogens with one attached hydrogen (secondary N) is 1. The van der Waals surface area contributed by atoms with Crippen molar-refractivity contribution < 1.29 is 18.9 Å². The molecule has 1 N–H and O–H groups in total. The number of nitrogens with zero attached hydrogens (tertiary/aromatic N) is 2. The van der Waals surface area contributed by atoms with Gasteiger partial charge in [0.25, 0.3) is 17.5 Å². The highest BCUT2D eigenvalue weighted by molar-refractivity contribution is 6.46. The van der Waals surface area contributed by atoms with E-state index in [9.17, 15) is 24.1 Å². The monoisotopic (exact) mass is 437 g/mol. The molecule has 0 saturated carbocycles. The van der Waals surface area contributed by atoms with Gasteiger partial charge >= 0.3 is 0 Å². The molecule has 0 aliphatic carbocycles. The van der Waals surface area contributed by atoms with Gasteiger partial charge in [-0.25, -0.2) is 9.29 Å². The summed E-state index contributed by atoms with van der Waals surface area (Å²) < 4.78 is 13.3. The Morgan fingerprint density at radius 3 is 2.23 bits per heavy atom. The van der Waals surface area contributed by atoms with E-state index >= 15 is 0 Å². The van der Waals surface area contributed by atoms with E-state index in [-0.39, 0.29) is 22.6 Å². The second-order valence-corrected chi connectivity index (χ2v) is 7.05. The summed E-state index contributed by atoms with van der Waals surface area (Å²) >= 11 is 6.02. The van der Waals surface area contributed by atoms with Crippen LogP contribution in [0, 0.1) is 15.9 Å². The number of imide groups is 1. The van der Waals surface area contributed by atoms with Crippen LogP contribution in [-0.2, 0) is 9.59 Å². The van der Waals surface area contributed by atoms with Crippen LogP contribution in [0.2, 0.25) is 5.02 Å². The fourth-order valence-electron chi connectivity index (χ4n) is 3.19. The van der Waals surface area contributed by atoms with E-state index < -0.39 is 22.6 Å². The van der Waals surface area contributed by atoms with Crippen LogP contribution in [-0.4, -0.2) is 16.7 Å². The maximum Gasteiger partial charge on any atom is 0.282 e. The number of rotatable bonds is 5. The number of amides is 2. The number of non-ortho nitro benzene ring substituents is 1. The van der Waals surface area contributed by atoms with Gasteiger partial charge in [0.1, 0.15) is 11.5 Å². The molecule has 1 heterocycles. The molecule has 154 valence electrons. The average molecular weight is 438 g/mol. The van der Waals surface area contributed by atoms with Gasteiger partial charge in [0, 0.05) is 22.8 Å². The Morgan fingerprint density at radius 1 is 0.935 bits per heavy atom. The number of benzene rings is 3. The van der Waals surface area contributed by atoms with Crippen molar-refractivity contribution in [2.45, 2.75) is 0 Å². The van der Waals surface area contributed by atoms with Crippen molar-refractivity contribution in [1.82, 2.24) is 0 Å². The molecule has 9 heteroatoms. The minimum absolute atomic E-state index is 0.0317. The maximum atomic E-state index is 13.3. The maximum absolute atomic E-state index is 13.3. The van der Waals surface area contributed by atoms with Crippen molar-refractivity contribution in [3.8, 4) is 0 Å². The summed E-state index contributed by atoms with van der Waals surface area (Å²) in [5, 5.41) is 14.2. The fourth-order valence-corrected chi connectivity index (χ4v) is 3.38. The minimum Gasteiger partial charge on any atom is -0.350 e. The number of carbonyl (C=O) groups is 2. The van der Waals surface area contributed by atoms with Gasteiger partial charge in [-0.05, 0) is 60.2 Å². The number of hydrogen-bond acceptors (Lipinski definition) is 5. The Hall–Kier alpha value is -4.04. The summed E-state index contributed by atoms with van der Waals surface area (Å²) in [6, 6.07) is 16.8. The molecular formula is C22H13ClFN3O4. The molecule has 0 unspecified atom stereocenters. The standard InChI is InChI=1S/C22H13ClFN3O4/c23-14-2-1-3-18(12-14)26-21(28)19(13-4-10-17(11-5-13)27(30)31)20(22(26)29)25-16-8-6-15(24)7-9-16/h1-12,25H. The molecule has 1 aliphatic rings. The number of halogens is 2. The van der Waals surface area contributed by atoms with Gasteiger partial charge in [-0.3, -0.25) is 19.7 Å². The summed E-state index contributed by atoms with van der Waals surface area (Å²) in [6.45, 7) is 0. The van der Waals surface area contributed by atoms with Crippen LogP contribution in [0.5, 0.6) is 0 Å². The van der Waals surface area contributed by atoms with Crippen molar-refractivity contribution in [2.75, 3.05) is 10.2 Å². The molecule has 31 heavy (non-hydrogen) atoms. The minimum atomic E-state index is -0.634. The quantitative estimate of drug-likeness (QED) is 0.352. The lowest BCUT2D eigenvalue weighted by molar-refractivity contribution is -0.384. The first-order chi connectivity index (χ1) is 14.8. The highest BCUT2D eigenvalue weighted by atomic mass is 35.5. The molecule has 3 aromatic carbocycles. The lowest BCUT2D eigenvalue weighted by Crippen LogP contribution is -2.32. The normalized spacial score (nSPS) is 13.7. The smallest absolute Gasteiger partial charge is 0.282 e. The van der Waals surface area contributed by atoms with Crippen LogP contribution in [0.3, 0.4) is 0 Å². The first kappa shape index (κ1) is 20.2. The van der Waals surface area contributed by atoms with Crippen molar-refractivity contribution in [3.63, 3.8) is 0 Å². The molecule has 7 nitrogen and oxygen atoms in total. The predicted octanol–water partition coefficient (Wildman–Crippen LogP) is 4.78. The molecule has 0 radical (unpaired) electrons. The molecule has 0 aromatic heterocycles. The van der Waals surface area contributed by atoms with E-state index in [1.807, 2.05) is 0 Å². The van der Waals surface area contributed by atoms with Crippen LogP contribution in [0.4, 0.5) is 21.5 Å². The molecule has 0 fully saturated rings. The highest BCUT2D eigenvalue weighted by Crippen LogP contribution is 2.35. The molecule has 2 amide bonds. The van der Waals surface area contributed by atoms with Gasteiger partial charge < -0.3 is 5.32 Å². The van der Waals surface area contributed by atoms with E-state index in [4.69, 9.17) is 11.6 Å². The number of nitro benzene ring substituents is 1. The van der Waals surface area contributed by atoms with Crippen molar-refractivity contribution >= 4 is 46.1 Å². The largest absolute Gasteiger partial charge is 0.350 e. The Labute approximate surface area is 180 Å². The SMILES string of the molecule is O=C1C(Nc2ccc(F)cc2)=C(c2ccc([N+](=O)[O-])cc2)C(=O)N1c1cccc(Cl)c1. The zero-order valence-electron chi connectivity index (χ0n) is 15.7. The topological polar surface area (TPSA) is 92.5 Å². The van der Waals surface area contributed by atoms with E-state index in [1.165, 1.54) is 54.6 Å². The molecule has 0 atom stereocenters. The molecule has 0 bridgehead atoms. The zero-order chi connectivity index (χ0) is 22.1. The van der Waals surface area contributed by atoms with Gasteiger partial charge in [0.2, 0.25) is 0 Å². The molecule has 1 aliphatic heterocycles. The molecule has 3 aromatic rings. The number of hydrogen-bond donors (Lipinski definition) is 1. The Kier molecular flexibility index (Phi) is 5.22. The van der Waals surface area contributed by atoms with Gasteiger partial charge in [-0.1, -0.05) is 17.7 Å². The molecule has 0 spiro atoms. The van der Waals surface area contributed by atoms with E-state index in [0.29, 0.717) is 16.3 Å². The fraction of sp³-hybridized carbons (Fsp3) is 0. The van der Waals surface area contributed by atoms with Crippen LogP contribution in [0.25, 0.3) is 5.57 Å². The van der Waals surface area contributed by atoms with Crippen molar-refractivity contribution in [1.29, 1.82) is 0 Å². The number of anilines is 2. The van der Waals surface area contributed by atoms with E-state index in [0.717, 1.165) is 4.90 Å². The second kappa shape index (κ2) is 8.00. The average Bonchev–Trinajstić information content (AvgIpc) is 2.99. The zero-order valence-corrected chi connectivity index (χ0v) is 16.5. The van der Waals surface area contributed by atoms with Gasteiger partial charge in [0.15, 0.2) is 0 Å². The summed E-state index contributed by atoms with van der Waals surface area (Å²) in [4.78, 5) is 37.9. The van der Waals surface area contributed by atoms with Crippen LogP contribution >= 0.6 is 11.6 Å². The van der Waals surface area contributed by atoms with Crippen molar-refractivity contribution in [3.05, 3.63) is 105 Å². The van der Waals surface area contributed by atoms with Crippen LogP contribution in [0.1, 0.15) is 5.56 Å². The number of nitro groups is 1. The van der Waals surface area contributed by atoms with E-state index in [1.54, 1.807) is 18.2 Å². The lowest BCUT2D eigenvalue weighted by atomic mass is 10.0. The predicted molar refractivity (Wildman–Crippen MR) is 114 cm³/mol. The Bertz CT molecular complexity index is 1240. The van der Waals surface area contributed by atoms with E-state index in [2.05, 4.69) is 5.32 Å². The Balaban J connectivity index is 1.82. The molecule has 4 rings (SSSR count). The van der Waals surface area contributed by atoms with Gasteiger partial charge in [-0.2, -0.15) is 0 Å². The third-order valence-corrected chi connectivity index (χ3v) is 4.87. The summed E-state index contributed by atoms with van der Waals surface area (Å²) in [6.07, 6.45) is 0. The van der Waals surface area contributed by atoms with Gasteiger partial charge in [-0.15, -0.1) is 0 Å². The first-order valence-electron chi connectivity index (χ1n) is 9.01. The third kappa shape index (κ3) is 3.88. The third-order valence-electron chi connectivity index (χ3n) is 4.63. The van der Waals surface area contributed by atoms with Crippen LogP contribution < -0.4 is 10.2 Å². The summed E-state index contributed by atoms with van der Waals surface area (Å²) in [7, 11) is 0. The first-order valence-corrected chi connectivity index (χ1v) is 9.39. The van der Waals surface area contributed by atoms with Gasteiger partial charge in [0.05, 0.1) is 16.2 Å². The molecular weight excluding hydrogens is 425 g/mol. The van der Waals surface area contributed by atoms with Crippen molar-refractivity contribution in [2.24, 2.45) is 0 Å². The molecule has 0 saturated heterocycles. The second-order valence-electron chi connectivity index (χ2n) is 6.61. The van der Waals surface area contributed by atoms with Crippen LogP contribution in [0.15, 0.2) is 78.5 Å². The lowest BCUT2D eigenvalue weighted by Gasteiger charge is -2.15. The number of carbonyl (C=O) groups excluding carboxylic acids is 2. The summed E-state index contributed by atoms with van der Waals surface area (Å²) in [5.74, 6) is -1.71. The summed E-state index contributed by atoms with van der Waals surface area (Å²) in [5.41, 5.74) is 0.830. The highest BCUT2D eigenvalue weighted by Gasteiger charge is 2.40. The Morgan fingerprint density at radius 2 is 1.61 bits per heavy atom.